The van der Waals surface area contributed by atoms with E-state index in [1.165, 1.54) is 18.2 Å². The Labute approximate surface area is 121 Å². The molecule has 0 fully saturated rings. The highest BCUT2D eigenvalue weighted by Gasteiger charge is 2.14. The summed E-state index contributed by atoms with van der Waals surface area (Å²) in [5.74, 6) is -0.985. The SMILES string of the molecule is N#Cc1cc(Oc2c(F)[c]ccc2Br)cc(C(F)F)c1. The number of nitriles is 1. The Morgan fingerprint density at radius 3 is 2.65 bits per heavy atom. The van der Waals surface area contributed by atoms with Crippen LogP contribution in [0.2, 0.25) is 0 Å². The average molecular weight is 341 g/mol. The zero-order valence-corrected chi connectivity index (χ0v) is 11.4. The minimum Gasteiger partial charge on any atom is -0.453 e. The van der Waals surface area contributed by atoms with Crippen LogP contribution in [-0.4, -0.2) is 0 Å². The third-order valence-electron chi connectivity index (χ3n) is 2.39. The van der Waals surface area contributed by atoms with Gasteiger partial charge in [-0.05, 0) is 46.3 Å². The van der Waals surface area contributed by atoms with Gasteiger partial charge in [0.2, 0.25) is 0 Å². The lowest BCUT2D eigenvalue weighted by atomic mass is 10.1. The fourth-order valence-corrected chi connectivity index (χ4v) is 1.90. The molecule has 0 aliphatic heterocycles. The molecule has 6 heteroatoms. The highest BCUT2D eigenvalue weighted by molar-refractivity contribution is 9.10. The number of ether oxygens (including phenoxy) is 1. The Bertz CT molecular complexity index is 662. The van der Waals surface area contributed by atoms with Gasteiger partial charge in [-0.25, -0.2) is 13.2 Å². The standard InChI is InChI=1S/C14H6BrF3NO/c15-11-2-1-3-12(16)13(11)20-10-5-8(7-19)4-9(6-10)14(17)18/h1-2,4-6,14H. The maximum absolute atomic E-state index is 13.6. The molecule has 0 aliphatic rings. The number of hydrogen-bond donors (Lipinski definition) is 0. The fourth-order valence-electron chi connectivity index (χ4n) is 1.52. The van der Waals surface area contributed by atoms with Crippen LogP contribution >= 0.6 is 15.9 Å². The van der Waals surface area contributed by atoms with Gasteiger partial charge in [-0.2, -0.15) is 5.26 Å². The van der Waals surface area contributed by atoms with Crippen LogP contribution in [0.1, 0.15) is 17.6 Å². The topological polar surface area (TPSA) is 33.0 Å². The highest BCUT2D eigenvalue weighted by atomic mass is 79.9. The fraction of sp³-hybridized carbons (Fsp3) is 0.0714. The van der Waals surface area contributed by atoms with Gasteiger partial charge in [-0.3, -0.25) is 0 Å². The van der Waals surface area contributed by atoms with Crippen molar-refractivity contribution < 1.29 is 17.9 Å². The Hall–Kier alpha value is -2.00. The second-order valence-electron chi connectivity index (χ2n) is 3.77. The average Bonchev–Trinajstić information content (AvgIpc) is 2.42. The van der Waals surface area contributed by atoms with E-state index in [-0.39, 0.29) is 22.6 Å². The Balaban J connectivity index is 2.44. The van der Waals surface area contributed by atoms with Crippen LogP contribution in [0.4, 0.5) is 13.2 Å². The molecule has 101 valence electrons. The van der Waals surface area contributed by atoms with E-state index in [1.54, 1.807) is 6.07 Å². The third-order valence-corrected chi connectivity index (χ3v) is 3.01. The first-order valence-corrected chi connectivity index (χ1v) is 6.17. The maximum atomic E-state index is 13.6. The Morgan fingerprint density at radius 1 is 1.30 bits per heavy atom. The molecule has 0 heterocycles. The summed E-state index contributed by atoms with van der Waals surface area (Å²) in [6.07, 6.45) is -2.75. The predicted octanol–water partition coefficient (Wildman–Crippen LogP) is 4.99. The normalized spacial score (nSPS) is 10.4. The molecule has 0 aromatic heterocycles. The lowest BCUT2D eigenvalue weighted by molar-refractivity contribution is 0.151. The number of halogens is 4. The summed E-state index contributed by atoms with van der Waals surface area (Å²) in [4.78, 5) is 0. The van der Waals surface area contributed by atoms with Crippen molar-refractivity contribution in [1.29, 1.82) is 5.26 Å². The largest absolute Gasteiger partial charge is 0.453 e. The number of nitrogens with zero attached hydrogens (tertiary/aromatic N) is 1. The minimum absolute atomic E-state index is 0.00856. The van der Waals surface area contributed by atoms with Crippen molar-refractivity contribution in [2.24, 2.45) is 0 Å². The van der Waals surface area contributed by atoms with Gasteiger partial charge in [0, 0.05) is 11.6 Å². The molecule has 0 spiro atoms. The molecular formula is C14H6BrF3NO. The molecule has 0 N–H and O–H groups in total. The summed E-state index contributed by atoms with van der Waals surface area (Å²) >= 11 is 3.09. The van der Waals surface area contributed by atoms with Gasteiger partial charge in [0.05, 0.1) is 16.1 Å². The number of benzene rings is 2. The lowest BCUT2D eigenvalue weighted by Gasteiger charge is -2.10. The minimum atomic E-state index is -2.75. The molecular weight excluding hydrogens is 335 g/mol. The molecule has 0 saturated carbocycles. The monoisotopic (exact) mass is 340 g/mol. The van der Waals surface area contributed by atoms with Crippen LogP contribution in [-0.2, 0) is 0 Å². The van der Waals surface area contributed by atoms with E-state index in [9.17, 15) is 13.2 Å². The third kappa shape index (κ3) is 3.11. The van der Waals surface area contributed by atoms with E-state index in [4.69, 9.17) is 10.00 Å². The van der Waals surface area contributed by atoms with Crippen molar-refractivity contribution >= 4 is 15.9 Å². The van der Waals surface area contributed by atoms with E-state index in [1.807, 2.05) is 0 Å². The van der Waals surface area contributed by atoms with Gasteiger partial charge in [0.1, 0.15) is 5.75 Å². The van der Waals surface area contributed by atoms with Gasteiger partial charge in [0.15, 0.2) is 11.6 Å². The van der Waals surface area contributed by atoms with Gasteiger partial charge in [-0.1, -0.05) is 0 Å². The van der Waals surface area contributed by atoms with Crippen molar-refractivity contribution in [2.45, 2.75) is 6.43 Å². The summed E-state index contributed by atoms with van der Waals surface area (Å²) in [6, 6.07) is 10.3. The smallest absolute Gasteiger partial charge is 0.264 e. The summed E-state index contributed by atoms with van der Waals surface area (Å²) in [5, 5.41) is 8.80. The molecule has 2 aromatic carbocycles. The molecule has 2 nitrogen and oxygen atoms in total. The van der Waals surface area contributed by atoms with E-state index >= 15 is 0 Å². The van der Waals surface area contributed by atoms with Crippen LogP contribution in [0.15, 0.2) is 34.8 Å². The molecule has 0 amide bonds. The van der Waals surface area contributed by atoms with Gasteiger partial charge < -0.3 is 4.74 Å². The molecule has 0 unspecified atom stereocenters. The molecule has 1 radical (unpaired) electrons. The molecule has 0 bridgehead atoms. The van der Waals surface area contributed by atoms with E-state index < -0.39 is 12.2 Å². The number of alkyl halides is 2. The highest BCUT2D eigenvalue weighted by Crippen LogP contribution is 2.34. The van der Waals surface area contributed by atoms with Crippen molar-refractivity contribution in [1.82, 2.24) is 0 Å². The summed E-state index contributed by atoms with van der Waals surface area (Å²) in [7, 11) is 0. The van der Waals surface area contributed by atoms with Crippen LogP contribution in [0, 0.1) is 23.2 Å². The van der Waals surface area contributed by atoms with Crippen LogP contribution < -0.4 is 4.74 Å². The van der Waals surface area contributed by atoms with Gasteiger partial charge in [0.25, 0.3) is 6.43 Å². The first-order valence-electron chi connectivity index (χ1n) is 5.38. The van der Waals surface area contributed by atoms with Gasteiger partial charge in [-0.15, -0.1) is 0 Å². The molecule has 0 atom stereocenters. The second kappa shape index (κ2) is 5.97. The first kappa shape index (κ1) is 14.4. The van der Waals surface area contributed by atoms with Crippen LogP contribution in [0.25, 0.3) is 0 Å². The van der Waals surface area contributed by atoms with Crippen molar-refractivity contribution in [3.8, 4) is 17.6 Å². The molecule has 2 aromatic rings. The first-order chi connectivity index (χ1) is 9.51. The summed E-state index contributed by atoms with van der Waals surface area (Å²) in [6.45, 7) is 0. The predicted molar refractivity (Wildman–Crippen MR) is 69.1 cm³/mol. The van der Waals surface area contributed by atoms with Crippen LogP contribution in [0.5, 0.6) is 11.5 Å². The summed E-state index contributed by atoms with van der Waals surface area (Å²) in [5.41, 5.74) is -0.357. The Morgan fingerprint density at radius 2 is 2.05 bits per heavy atom. The quantitative estimate of drug-likeness (QED) is 0.788. The van der Waals surface area contributed by atoms with E-state index in [2.05, 4.69) is 22.0 Å². The Kier molecular flexibility index (Phi) is 4.30. The maximum Gasteiger partial charge on any atom is 0.264 e. The van der Waals surface area contributed by atoms with Crippen LogP contribution in [0.3, 0.4) is 0 Å². The van der Waals surface area contributed by atoms with E-state index in [0.717, 1.165) is 12.1 Å². The zero-order chi connectivity index (χ0) is 14.7. The van der Waals surface area contributed by atoms with Crippen molar-refractivity contribution in [3.05, 3.63) is 57.8 Å². The van der Waals surface area contributed by atoms with Crippen molar-refractivity contribution in [2.75, 3.05) is 0 Å². The second-order valence-corrected chi connectivity index (χ2v) is 4.63. The lowest BCUT2D eigenvalue weighted by Crippen LogP contribution is -1.93. The molecule has 2 rings (SSSR count). The molecule has 20 heavy (non-hydrogen) atoms. The van der Waals surface area contributed by atoms with Crippen molar-refractivity contribution in [3.63, 3.8) is 0 Å². The molecule has 0 aliphatic carbocycles. The van der Waals surface area contributed by atoms with E-state index in [0.29, 0.717) is 4.47 Å². The summed E-state index contributed by atoms with van der Waals surface area (Å²) < 4.78 is 44.5. The zero-order valence-electron chi connectivity index (χ0n) is 9.83. The molecule has 0 saturated heterocycles. The number of rotatable bonds is 3. The van der Waals surface area contributed by atoms with Gasteiger partial charge >= 0.3 is 0 Å². The number of hydrogen-bond acceptors (Lipinski definition) is 2.